The van der Waals surface area contributed by atoms with E-state index in [-0.39, 0.29) is 0 Å². The fourth-order valence-corrected chi connectivity index (χ4v) is 2.17. The molecular formula is C12H19N5. The van der Waals surface area contributed by atoms with E-state index < -0.39 is 0 Å². The molecule has 0 spiro atoms. The quantitative estimate of drug-likeness (QED) is 0.303. The molecule has 0 atom stereocenters. The van der Waals surface area contributed by atoms with Gasteiger partial charge < -0.3 is 11.2 Å². The van der Waals surface area contributed by atoms with Crippen LogP contribution >= 0.6 is 0 Å². The highest BCUT2D eigenvalue weighted by Gasteiger charge is 2.23. The zero-order valence-corrected chi connectivity index (χ0v) is 9.84. The molecule has 1 heterocycles. The molecule has 5 nitrogen and oxygen atoms in total. The molecule has 1 fully saturated rings. The molecule has 0 bridgehead atoms. The van der Waals surface area contributed by atoms with E-state index in [1.807, 2.05) is 30.3 Å². The van der Waals surface area contributed by atoms with E-state index in [1.165, 1.54) is 0 Å². The van der Waals surface area contributed by atoms with Crippen molar-refractivity contribution in [2.45, 2.75) is 12.8 Å². The van der Waals surface area contributed by atoms with Gasteiger partial charge in [-0.25, -0.2) is 5.84 Å². The van der Waals surface area contributed by atoms with Gasteiger partial charge in [0.15, 0.2) is 0 Å². The van der Waals surface area contributed by atoms with Gasteiger partial charge in [-0.3, -0.25) is 5.01 Å². The monoisotopic (exact) mass is 233 g/mol. The Hall–Kier alpha value is -1.59. The Morgan fingerprint density at radius 2 is 1.88 bits per heavy atom. The van der Waals surface area contributed by atoms with Gasteiger partial charge in [-0.2, -0.15) is 5.10 Å². The predicted molar refractivity (Wildman–Crippen MR) is 70.3 cm³/mol. The minimum Gasteiger partial charge on any atom is -0.322 e. The first kappa shape index (κ1) is 11.9. The van der Waals surface area contributed by atoms with E-state index >= 15 is 0 Å². The number of anilines is 1. The van der Waals surface area contributed by atoms with Crippen molar-refractivity contribution in [1.29, 1.82) is 0 Å². The van der Waals surface area contributed by atoms with Gasteiger partial charge >= 0.3 is 0 Å². The number of benzene rings is 1. The first-order valence-corrected chi connectivity index (χ1v) is 5.91. The normalized spacial score (nSPS) is 18.1. The fourth-order valence-electron chi connectivity index (χ4n) is 2.17. The summed E-state index contributed by atoms with van der Waals surface area (Å²) in [6.45, 7) is 1.98. The molecule has 0 saturated carbocycles. The summed E-state index contributed by atoms with van der Waals surface area (Å²) in [4.78, 5) is 0. The van der Waals surface area contributed by atoms with E-state index in [4.69, 9.17) is 11.7 Å². The van der Waals surface area contributed by atoms with Crippen LogP contribution in [0.2, 0.25) is 0 Å². The molecule has 0 aromatic heterocycles. The highest BCUT2D eigenvalue weighted by Crippen LogP contribution is 2.19. The Kier molecular flexibility index (Phi) is 3.95. The summed E-state index contributed by atoms with van der Waals surface area (Å²) in [5, 5.41) is 8.79. The maximum absolute atomic E-state index is 6.08. The van der Waals surface area contributed by atoms with Gasteiger partial charge in [0.2, 0.25) is 0 Å². The number of hydrazine groups is 1. The average Bonchev–Trinajstić information content (AvgIpc) is 2.42. The minimum atomic E-state index is 0.339. The Balaban J connectivity index is 2.13. The average molecular weight is 233 g/mol. The smallest absolute Gasteiger partial charge is 0.146 e. The van der Waals surface area contributed by atoms with Gasteiger partial charge in [0.25, 0.3) is 0 Å². The number of para-hydroxylation sites is 1. The van der Waals surface area contributed by atoms with Gasteiger partial charge in [-0.05, 0) is 38.1 Å². The third-order valence-corrected chi connectivity index (χ3v) is 3.12. The van der Waals surface area contributed by atoms with Gasteiger partial charge in [-0.15, -0.1) is 0 Å². The summed E-state index contributed by atoms with van der Waals surface area (Å²) < 4.78 is 0. The number of nitrogens with zero attached hydrogens (tertiary/aromatic N) is 2. The van der Waals surface area contributed by atoms with Crippen LogP contribution in [-0.4, -0.2) is 18.9 Å². The standard InChI is InChI=1S/C12H19N5/c13-16-12(10-6-8-15-9-7-10)17(14)11-4-2-1-3-5-11/h1-5,10,15H,6-9,13-14H2/b16-12-. The van der Waals surface area contributed by atoms with E-state index in [0.29, 0.717) is 5.92 Å². The number of hydrogen-bond donors (Lipinski definition) is 3. The van der Waals surface area contributed by atoms with Crippen LogP contribution < -0.4 is 22.0 Å². The second kappa shape index (κ2) is 5.65. The van der Waals surface area contributed by atoms with Crippen molar-refractivity contribution >= 4 is 11.5 Å². The molecule has 1 aromatic rings. The van der Waals surface area contributed by atoms with Crippen LogP contribution in [0.15, 0.2) is 35.4 Å². The number of amidine groups is 1. The van der Waals surface area contributed by atoms with E-state index in [9.17, 15) is 0 Å². The van der Waals surface area contributed by atoms with Crippen LogP contribution in [0, 0.1) is 5.92 Å². The summed E-state index contributed by atoms with van der Waals surface area (Å²) in [5.41, 5.74) is 0.912. The highest BCUT2D eigenvalue weighted by atomic mass is 15.5. The molecule has 1 aliphatic heterocycles. The van der Waals surface area contributed by atoms with Gasteiger partial charge in [0.05, 0.1) is 5.69 Å². The van der Waals surface area contributed by atoms with Crippen LogP contribution in [0.25, 0.3) is 0 Å². The molecular weight excluding hydrogens is 214 g/mol. The van der Waals surface area contributed by atoms with Crippen molar-refractivity contribution < 1.29 is 0 Å². The maximum Gasteiger partial charge on any atom is 0.146 e. The van der Waals surface area contributed by atoms with E-state index in [2.05, 4.69) is 10.4 Å². The number of hydrazone groups is 1. The molecule has 17 heavy (non-hydrogen) atoms. The first-order valence-electron chi connectivity index (χ1n) is 5.91. The number of rotatable bonds is 2. The number of nitrogens with one attached hydrogen (secondary N) is 1. The van der Waals surface area contributed by atoms with Gasteiger partial charge in [0.1, 0.15) is 5.84 Å². The largest absolute Gasteiger partial charge is 0.322 e. The zero-order chi connectivity index (χ0) is 12.1. The van der Waals surface area contributed by atoms with Crippen molar-refractivity contribution in [1.82, 2.24) is 5.32 Å². The molecule has 92 valence electrons. The number of hydrogen-bond acceptors (Lipinski definition) is 4. The van der Waals surface area contributed by atoms with Crippen LogP contribution in [0.1, 0.15) is 12.8 Å². The van der Waals surface area contributed by atoms with Crippen molar-refractivity contribution in [2.75, 3.05) is 18.1 Å². The fraction of sp³-hybridized carbons (Fsp3) is 0.417. The predicted octanol–water partition coefficient (Wildman–Crippen LogP) is 0.639. The molecule has 0 amide bonds. The molecule has 1 saturated heterocycles. The Labute approximate surface area is 101 Å². The topological polar surface area (TPSA) is 79.7 Å². The van der Waals surface area contributed by atoms with E-state index in [0.717, 1.165) is 37.5 Å². The highest BCUT2D eigenvalue weighted by molar-refractivity contribution is 5.98. The second-order valence-corrected chi connectivity index (χ2v) is 4.22. The number of nitrogens with two attached hydrogens (primary N) is 2. The van der Waals surface area contributed by atoms with Crippen molar-refractivity contribution in [3.8, 4) is 0 Å². The van der Waals surface area contributed by atoms with Gasteiger partial charge in [0, 0.05) is 5.92 Å². The molecule has 5 heteroatoms. The second-order valence-electron chi connectivity index (χ2n) is 4.22. The third kappa shape index (κ3) is 2.75. The summed E-state index contributed by atoms with van der Waals surface area (Å²) in [6.07, 6.45) is 2.05. The summed E-state index contributed by atoms with van der Waals surface area (Å²) in [7, 11) is 0. The SMILES string of the molecule is N/N=C(/C1CCNCC1)N(N)c1ccccc1. The van der Waals surface area contributed by atoms with Crippen LogP contribution in [0.5, 0.6) is 0 Å². The molecule has 1 aromatic carbocycles. The first-order chi connectivity index (χ1) is 8.33. The molecule has 1 aliphatic rings. The van der Waals surface area contributed by atoms with Crippen molar-refractivity contribution in [3.05, 3.63) is 30.3 Å². The van der Waals surface area contributed by atoms with Crippen LogP contribution in [0.3, 0.4) is 0 Å². The molecule has 0 aliphatic carbocycles. The Morgan fingerprint density at radius 3 is 2.47 bits per heavy atom. The lowest BCUT2D eigenvalue weighted by molar-refractivity contribution is 0.452. The lowest BCUT2D eigenvalue weighted by Gasteiger charge is -2.29. The zero-order valence-electron chi connectivity index (χ0n) is 9.84. The summed E-state index contributed by atoms with van der Waals surface area (Å²) in [5.74, 6) is 12.7. The Morgan fingerprint density at radius 1 is 1.24 bits per heavy atom. The summed E-state index contributed by atoms with van der Waals surface area (Å²) >= 11 is 0. The maximum atomic E-state index is 6.08. The number of piperidine rings is 1. The third-order valence-electron chi connectivity index (χ3n) is 3.12. The molecule has 5 N–H and O–H groups in total. The molecule has 2 rings (SSSR count). The Bertz CT molecular complexity index is 370. The minimum absolute atomic E-state index is 0.339. The molecule has 0 unspecified atom stereocenters. The van der Waals surface area contributed by atoms with Crippen molar-refractivity contribution in [3.63, 3.8) is 0 Å². The van der Waals surface area contributed by atoms with Crippen molar-refractivity contribution in [2.24, 2.45) is 22.7 Å². The van der Waals surface area contributed by atoms with E-state index in [1.54, 1.807) is 5.01 Å². The lowest BCUT2D eigenvalue weighted by Crippen LogP contribution is -2.45. The van der Waals surface area contributed by atoms with Crippen LogP contribution in [-0.2, 0) is 0 Å². The summed E-state index contributed by atoms with van der Waals surface area (Å²) in [6, 6.07) is 9.76. The van der Waals surface area contributed by atoms with Gasteiger partial charge in [-0.1, -0.05) is 18.2 Å². The lowest BCUT2D eigenvalue weighted by atomic mass is 9.96. The van der Waals surface area contributed by atoms with Crippen LogP contribution in [0.4, 0.5) is 5.69 Å². The molecule has 0 radical (unpaired) electrons.